The Bertz CT molecular complexity index is 1050. The molecule has 188 valence electrons. The van der Waals surface area contributed by atoms with Gasteiger partial charge in [-0.3, -0.25) is 0 Å². The van der Waals surface area contributed by atoms with Gasteiger partial charge in [-0.25, -0.2) is 0 Å². The standard InChI is InChI=1S/C27H35N3O5/c1-18(19-7-9-22(10-8-19)30-11-5-4-6-12-30)28-16-21-15-23(35-29-21)13-20-14-24(31-2)26-27(25(20)32-3)34-17-33-26/h7-10,14,18,23,28H,4-6,11-13,15-17H2,1-3H3/t18-,23-/m0/s1. The number of fused-ring (bicyclic) bond motifs is 1. The molecule has 2 aromatic rings. The van der Waals surface area contributed by atoms with Crippen LogP contribution in [0.2, 0.25) is 0 Å². The Morgan fingerprint density at radius 3 is 2.57 bits per heavy atom. The first kappa shape index (κ1) is 23.6. The number of nitrogens with one attached hydrogen (secondary N) is 1. The molecule has 8 nitrogen and oxygen atoms in total. The fraction of sp³-hybridized carbons (Fsp3) is 0.519. The second-order valence-corrected chi connectivity index (χ2v) is 9.37. The lowest BCUT2D eigenvalue weighted by Crippen LogP contribution is -2.29. The molecule has 0 spiro atoms. The van der Waals surface area contributed by atoms with Crippen molar-refractivity contribution in [2.45, 2.75) is 51.2 Å². The molecule has 1 saturated heterocycles. The van der Waals surface area contributed by atoms with Gasteiger partial charge in [0.25, 0.3) is 0 Å². The quantitative estimate of drug-likeness (QED) is 0.567. The molecule has 0 unspecified atom stereocenters. The number of methoxy groups -OCH3 is 2. The lowest BCUT2D eigenvalue weighted by atomic mass is 10.0. The minimum absolute atomic E-state index is 0.0649. The van der Waals surface area contributed by atoms with E-state index in [0.29, 0.717) is 36.0 Å². The van der Waals surface area contributed by atoms with Crippen LogP contribution in [0.25, 0.3) is 0 Å². The fourth-order valence-electron chi connectivity index (χ4n) is 5.05. The van der Waals surface area contributed by atoms with Gasteiger partial charge in [-0.1, -0.05) is 17.3 Å². The van der Waals surface area contributed by atoms with Gasteiger partial charge in [0.15, 0.2) is 11.5 Å². The average molecular weight is 482 g/mol. The second-order valence-electron chi connectivity index (χ2n) is 9.37. The van der Waals surface area contributed by atoms with Crippen LogP contribution >= 0.6 is 0 Å². The van der Waals surface area contributed by atoms with Gasteiger partial charge in [0.2, 0.25) is 18.3 Å². The Balaban J connectivity index is 1.14. The fourth-order valence-corrected chi connectivity index (χ4v) is 5.05. The summed E-state index contributed by atoms with van der Waals surface area (Å²) in [5, 5.41) is 7.94. The number of hydrogen-bond acceptors (Lipinski definition) is 8. The van der Waals surface area contributed by atoms with Crippen LogP contribution in [0.3, 0.4) is 0 Å². The van der Waals surface area contributed by atoms with Crippen molar-refractivity contribution < 1.29 is 23.8 Å². The summed E-state index contributed by atoms with van der Waals surface area (Å²) in [7, 11) is 3.25. The molecule has 1 fully saturated rings. The van der Waals surface area contributed by atoms with Gasteiger partial charge >= 0.3 is 0 Å². The predicted molar refractivity (Wildman–Crippen MR) is 135 cm³/mol. The van der Waals surface area contributed by atoms with Crippen molar-refractivity contribution in [1.29, 1.82) is 0 Å². The third kappa shape index (κ3) is 5.12. The number of benzene rings is 2. The third-order valence-corrected chi connectivity index (χ3v) is 7.03. The van der Waals surface area contributed by atoms with Crippen LogP contribution in [0, 0.1) is 0 Å². The molecule has 3 aliphatic heterocycles. The zero-order valence-electron chi connectivity index (χ0n) is 20.8. The molecule has 5 rings (SSSR count). The van der Waals surface area contributed by atoms with Gasteiger partial charge in [0.1, 0.15) is 6.10 Å². The molecule has 0 aromatic heterocycles. The van der Waals surface area contributed by atoms with Gasteiger partial charge < -0.3 is 34.0 Å². The first-order valence-electron chi connectivity index (χ1n) is 12.5. The smallest absolute Gasteiger partial charge is 0.231 e. The Kier molecular flexibility index (Phi) is 7.18. The van der Waals surface area contributed by atoms with E-state index in [2.05, 4.69) is 46.6 Å². The lowest BCUT2D eigenvalue weighted by molar-refractivity contribution is 0.0853. The number of piperidine rings is 1. The Labute approximate surface area is 207 Å². The number of anilines is 1. The molecule has 0 radical (unpaired) electrons. The number of ether oxygens (including phenoxy) is 4. The van der Waals surface area contributed by atoms with E-state index in [-0.39, 0.29) is 18.9 Å². The van der Waals surface area contributed by atoms with Gasteiger partial charge in [-0.05, 0) is 49.9 Å². The summed E-state index contributed by atoms with van der Waals surface area (Å²) in [5.74, 6) is 2.46. The highest BCUT2D eigenvalue weighted by molar-refractivity contribution is 5.87. The Hall–Kier alpha value is -3.13. The van der Waals surface area contributed by atoms with Crippen molar-refractivity contribution in [1.82, 2.24) is 5.32 Å². The van der Waals surface area contributed by atoms with Crippen molar-refractivity contribution in [2.75, 3.05) is 45.5 Å². The highest BCUT2D eigenvalue weighted by Crippen LogP contribution is 2.50. The molecule has 2 atom stereocenters. The van der Waals surface area contributed by atoms with Crippen molar-refractivity contribution >= 4 is 11.4 Å². The Morgan fingerprint density at radius 2 is 1.83 bits per heavy atom. The topological polar surface area (TPSA) is 73.8 Å². The van der Waals surface area contributed by atoms with E-state index in [1.165, 1.54) is 43.6 Å². The number of nitrogens with zero attached hydrogens (tertiary/aromatic N) is 2. The first-order chi connectivity index (χ1) is 17.2. The molecule has 3 heterocycles. The summed E-state index contributed by atoms with van der Waals surface area (Å²) >= 11 is 0. The van der Waals surface area contributed by atoms with Gasteiger partial charge in [-0.15, -0.1) is 0 Å². The summed E-state index contributed by atoms with van der Waals surface area (Å²) in [4.78, 5) is 8.24. The highest BCUT2D eigenvalue weighted by Gasteiger charge is 2.30. The predicted octanol–water partition coefficient (Wildman–Crippen LogP) is 4.46. The van der Waals surface area contributed by atoms with Crippen molar-refractivity contribution in [2.24, 2.45) is 5.16 Å². The summed E-state index contributed by atoms with van der Waals surface area (Å²) < 4.78 is 22.3. The van der Waals surface area contributed by atoms with E-state index in [9.17, 15) is 0 Å². The highest BCUT2D eigenvalue weighted by atomic mass is 16.7. The maximum atomic E-state index is 5.76. The third-order valence-electron chi connectivity index (χ3n) is 7.03. The SMILES string of the molecule is COc1cc(C[C@H]2CC(CN[C@@H](C)c3ccc(N4CCCCC4)cc3)=NO2)c(OC)c2c1OCO2. The maximum absolute atomic E-state index is 5.76. The molecule has 0 aliphatic carbocycles. The van der Waals surface area contributed by atoms with Gasteiger partial charge in [0.05, 0.1) is 19.9 Å². The maximum Gasteiger partial charge on any atom is 0.231 e. The summed E-state index contributed by atoms with van der Waals surface area (Å²) in [6.45, 7) is 5.36. The molecule has 3 aliphatic rings. The molecule has 35 heavy (non-hydrogen) atoms. The van der Waals surface area contributed by atoms with Crippen LogP contribution in [0.15, 0.2) is 35.5 Å². The molecule has 0 amide bonds. The summed E-state index contributed by atoms with van der Waals surface area (Å²) in [6.07, 6.45) is 5.26. The monoisotopic (exact) mass is 481 g/mol. The molecule has 8 heteroatoms. The van der Waals surface area contributed by atoms with Gasteiger partial charge in [-0.2, -0.15) is 0 Å². The van der Waals surface area contributed by atoms with Crippen LogP contribution in [0.1, 0.15) is 49.8 Å². The van der Waals surface area contributed by atoms with Crippen molar-refractivity contribution in [3.8, 4) is 23.0 Å². The van der Waals surface area contributed by atoms with Gasteiger partial charge in [0, 0.05) is 49.8 Å². The van der Waals surface area contributed by atoms with Crippen LogP contribution in [0.5, 0.6) is 23.0 Å². The molecular formula is C27H35N3O5. The van der Waals surface area contributed by atoms with E-state index in [1.54, 1.807) is 14.2 Å². The van der Waals surface area contributed by atoms with E-state index < -0.39 is 0 Å². The van der Waals surface area contributed by atoms with Crippen LogP contribution in [-0.2, 0) is 11.3 Å². The minimum Gasteiger partial charge on any atom is -0.493 e. The van der Waals surface area contributed by atoms with E-state index in [1.807, 2.05) is 6.07 Å². The van der Waals surface area contributed by atoms with Crippen LogP contribution in [0.4, 0.5) is 5.69 Å². The van der Waals surface area contributed by atoms with E-state index >= 15 is 0 Å². The largest absolute Gasteiger partial charge is 0.493 e. The minimum atomic E-state index is -0.0649. The lowest BCUT2D eigenvalue weighted by Gasteiger charge is -2.29. The normalized spacial score (nSPS) is 19.8. The average Bonchev–Trinajstić information content (AvgIpc) is 3.57. The number of hydrogen-bond donors (Lipinski definition) is 1. The van der Waals surface area contributed by atoms with E-state index in [4.69, 9.17) is 23.8 Å². The van der Waals surface area contributed by atoms with Crippen molar-refractivity contribution in [3.63, 3.8) is 0 Å². The molecule has 0 bridgehead atoms. The Morgan fingerprint density at radius 1 is 1.06 bits per heavy atom. The summed E-state index contributed by atoms with van der Waals surface area (Å²) in [6, 6.07) is 11.1. The molecule has 2 aromatic carbocycles. The van der Waals surface area contributed by atoms with Crippen LogP contribution < -0.4 is 29.2 Å². The zero-order chi connectivity index (χ0) is 24.2. The van der Waals surface area contributed by atoms with Crippen LogP contribution in [-0.4, -0.2) is 52.5 Å². The number of rotatable bonds is 9. The zero-order valence-corrected chi connectivity index (χ0v) is 20.8. The van der Waals surface area contributed by atoms with E-state index in [0.717, 1.165) is 17.7 Å². The number of oxime groups is 1. The molecule has 0 saturated carbocycles. The second kappa shape index (κ2) is 10.6. The van der Waals surface area contributed by atoms with Crippen molar-refractivity contribution in [3.05, 3.63) is 41.5 Å². The molecular weight excluding hydrogens is 446 g/mol. The molecule has 1 N–H and O–H groups in total. The first-order valence-corrected chi connectivity index (χ1v) is 12.5. The summed E-state index contributed by atoms with van der Waals surface area (Å²) in [5.41, 5.74) is 4.57.